The number of nitrogens with one attached hydrogen (secondary N) is 1. The molecule has 2 unspecified atom stereocenters. The zero-order valence-electron chi connectivity index (χ0n) is 13.5. The molecule has 2 aromatic rings. The quantitative estimate of drug-likeness (QED) is 0.928. The minimum atomic E-state index is -0.311. The lowest BCUT2D eigenvalue weighted by Gasteiger charge is -2.35. The number of hydrogen-bond donors (Lipinski definition) is 1. The topological polar surface area (TPSA) is 45.2 Å². The van der Waals surface area contributed by atoms with Crippen molar-refractivity contribution in [1.29, 1.82) is 0 Å². The van der Waals surface area contributed by atoms with Gasteiger partial charge in [-0.2, -0.15) is 0 Å². The molecule has 2 saturated heterocycles. The number of piperidine rings is 1. The van der Waals surface area contributed by atoms with E-state index in [0.29, 0.717) is 28.3 Å². The van der Waals surface area contributed by atoms with E-state index >= 15 is 0 Å². The van der Waals surface area contributed by atoms with Crippen molar-refractivity contribution >= 4 is 17.2 Å². The molecule has 24 heavy (non-hydrogen) atoms. The summed E-state index contributed by atoms with van der Waals surface area (Å²) in [7, 11) is 1.86. The fourth-order valence-electron chi connectivity index (χ4n) is 3.82. The van der Waals surface area contributed by atoms with E-state index in [2.05, 4.69) is 10.3 Å². The van der Waals surface area contributed by atoms with E-state index < -0.39 is 0 Å². The lowest BCUT2D eigenvalue weighted by Crippen LogP contribution is -2.48. The second-order valence-corrected chi connectivity index (χ2v) is 7.55. The molecular weight excluding hydrogens is 325 g/mol. The van der Waals surface area contributed by atoms with E-state index in [0.717, 1.165) is 12.8 Å². The first-order valence-electron chi connectivity index (χ1n) is 8.35. The van der Waals surface area contributed by atoms with Crippen LogP contribution < -0.4 is 5.32 Å². The molecule has 2 fully saturated rings. The first-order chi connectivity index (χ1) is 11.6. The van der Waals surface area contributed by atoms with Crippen molar-refractivity contribution in [3.05, 3.63) is 41.2 Å². The Morgan fingerprint density at radius 1 is 1.29 bits per heavy atom. The van der Waals surface area contributed by atoms with E-state index in [4.69, 9.17) is 0 Å². The number of benzene rings is 1. The largest absolute Gasteiger partial charge is 0.337 e. The summed E-state index contributed by atoms with van der Waals surface area (Å²) in [5.74, 6) is -0.380. The number of amides is 1. The van der Waals surface area contributed by atoms with E-state index in [1.807, 2.05) is 11.9 Å². The van der Waals surface area contributed by atoms with Gasteiger partial charge in [0.2, 0.25) is 0 Å². The highest BCUT2D eigenvalue weighted by Crippen LogP contribution is 2.31. The van der Waals surface area contributed by atoms with Crippen molar-refractivity contribution in [2.45, 2.75) is 43.8 Å². The first-order valence-corrected chi connectivity index (χ1v) is 9.23. The Balaban J connectivity index is 1.52. The molecule has 2 aliphatic rings. The van der Waals surface area contributed by atoms with Crippen molar-refractivity contribution in [3.8, 4) is 10.6 Å². The minimum Gasteiger partial charge on any atom is -0.337 e. The van der Waals surface area contributed by atoms with Gasteiger partial charge in [0.05, 0.1) is 0 Å². The van der Waals surface area contributed by atoms with Crippen LogP contribution in [-0.2, 0) is 0 Å². The van der Waals surface area contributed by atoms with Gasteiger partial charge in [0, 0.05) is 36.1 Å². The smallest absolute Gasteiger partial charge is 0.273 e. The number of halogens is 1. The molecule has 1 aromatic carbocycles. The van der Waals surface area contributed by atoms with Crippen LogP contribution in [0.5, 0.6) is 0 Å². The molecule has 4 rings (SSSR count). The van der Waals surface area contributed by atoms with Gasteiger partial charge in [0.25, 0.3) is 5.91 Å². The molecule has 2 aliphatic heterocycles. The summed E-state index contributed by atoms with van der Waals surface area (Å²) in [6.45, 7) is 0. The zero-order valence-corrected chi connectivity index (χ0v) is 14.4. The predicted octanol–water partition coefficient (Wildman–Crippen LogP) is 3.30. The Bertz CT molecular complexity index is 750. The number of aromatic nitrogens is 1. The van der Waals surface area contributed by atoms with Crippen LogP contribution in [0.1, 0.15) is 36.2 Å². The number of nitrogens with zero attached hydrogens (tertiary/aromatic N) is 2. The fourth-order valence-corrected chi connectivity index (χ4v) is 4.64. The Morgan fingerprint density at radius 3 is 2.71 bits per heavy atom. The molecule has 1 amide bonds. The molecule has 6 heteroatoms. The molecule has 2 atom stereocenters. The number of carbonyl (C=O) groups excluding carboxylic acids is 1. The van der Waals surface area contributed by atoms with Gasteiger partial charge in [0.15, 0.2) is 0 Å². The highest BCUT2D eigenvalue weighted by Gasteiger charge is 2.36. The molecule has 1 N–H and O–H groups in total. The van der Waals surface area contributed by atoms with Crippen molar-refractivity contribution in [2.24, 2.45) is 0 Å². The van der Waals surface area contributed by atoms with Crippen LogP contribution in [0.3, 0.4) is 0 Å². The van der Waals surface area contributed by atoms with Gasteiger partial charge in [0.1, 0.15) is 16.5 Å². The summed E-state index contributed by atoms with van der Waals surface area (Å²) in [6, 6.07) is 7.86. The number of hydrogen-bond acceptors (Lipinski definition) is 4. The van der Waals surface area contributed by atoms with E-state index in [1.54, 1.807) is 23.6 Å². The standard InChI is InChI=1S/C18H20FN3OS/c1-22(13-8-11-6-7-12(9-13)20-11)18(23)16-10-24-17(21-16)14-4-2-3-5-15(14)19/h2-5,10-13,20H,6-9H2,1H3. The molecule has 3 heterocycles. The number of thiazole rings is 1. The van der Waals surface area contributed by atoms with Crippen molar-refractivity contribution in [1.82, 2.24) is 15.2 Å². The third-order valence-corrected chi connectivity index (χ3v) is 6.02. The SMILES string of the molecule is CN(C(=O)c1csc(-c2ccccc2F)n1)C1CC2CCC(C1)N2. The van der Waals surface area contributed by atoms with Crippen LogP contribution in [0.15, 0.2) is 29.6 Å². The van der Waals surface area contributed by atoms with Crippen LogP contribution in [0.25, 0.3) is 10.6 Å². The van der Waals surface area contributed by atoms with Crippen LogP contribution in [0, 0.1) is 5.82 Å². The maximum atomic E-state index is 13.9. The van der Waals surface area contributed by atoms with E-state index in [1.165, 1.54) is 30.2 Å². The average Bonchev–Trinajstić information content (AvgIpc) is 3.20. The van der Waals surface area contributed by atoms with Gasteiger partial charge in [-0.3, -0.25) is 4.79 Å². The molecular formula is C18H20FN3OS. The highest BCUT2D eigenvalue weighted by molar-refractivity contribution is 7.13. The van der Waals surface area contributed by atoms with Crippen molar-refractivity contribution in [2.75, 3.05) is 7.05 Å². The zero-order chi connectivity index (χ0) is 16.7. The predicted molar refractivity (Wildman–Crippen MR) is 92.6 cm³/mol. The number of fused-ring (bicyclic) bond motifs is 2. The highest BCUT2D eigenvalue weighted by atomic mass is 32.1. The lowest BCUT2D eigenvalue weighted by atomic mass is 9.98. The van der Waals surface area contributed by atoms with Gasteiger partial charge in [-0.15, -0.1) is 11.3 Å². The third-order valence-electron chi connectivity index (χ3n) is 5.14. The number of carbonyl (C=O) groups is 1. The average molecular weight is 345 g/mol. The monoisotopic (exact) mass is 345 g/mol. The summed E-state index contributed by atoms with van der Waals surface area (Å²) in [4.78, 5) is 19.0. The van der Waals surface area contributed by atoms with Gasteiger partial charge in [-0.05, 0) is 37.8 Å². The van der Waals surface area contributed by atoms with Gasteiger partial charge >= 0.3 is 0 Å². The maximum absolute atomic E-state index is 13.9. The summed E-state index contributed by atoms with van der Waals surface area (Å²) >= 11 is 1.31. The molecule has 0 spiro atoms. The second kappa shape index (κ2) is 6.26. The molecule has 0 aliphatic carbocycles. The lowest BCUT2D eigenvalue weighted by molar-refractivity contribution is 0.0676. The molecule has 1 aromatic heterocycles. The number of rotatable bonds is 3. The fraction of sp³-hybridized carbons (Fsp3) is 0.444. The summed E-state index contributed by atoms with van der Waals surface area (Å²) in [5, 5.41) is 5.88. The van der Waals surface area contributed by atoms with Crippen molar-refractivity contribution < 1.29 is 9.18 Å². The van der Waals surface area contributed by atoms with E-state index in [9.17, 15) is 9.18 Å². The molecule has 126 valence electrons. The third kappa shape index (κ3) is 2.84. The Morgan fingerprint density at radius 2 is 2.00 bits per heavy atom. The molecule has 4 nitrogen and oxygen atoms in total. The van der Waals surface area contributed by atoms with Crippen LogP contribution in [-0.4, -0.2) is 41.0 Å². The summed E-state index contributed by atoms with van der Waals surface area (Å²) < 4.78 is 13.9. The normalized spacial score (nSPS) is 25.7. The van der Waals surface area contributed by atoms with Gasteiger partial charge in [-0.25, -0.2) is 9.37 Å². The molecule has 0 saturated carbocycles. The molecule has 2 bridgehead atoms. The van der Waals surface area contributed by atoms with Crippen molar-refractivity contribution in [3.63, 3.8) is 0 Å². The van der Waals surface area contributed by atoms with Gasteiger partial charge in [-0.1, -0.05) is 12.1 Å². The van der Waals surface area contributed by atoms with Gasteiger partial charge < -0.3 is 10.2 Å². The van der Waals surface area contributed by atoms with Crippen LogP contribution in [0.4, 0.5) is 4.39 Å². The Hall–Kier alpha value is -1.79. The Kier molecular flexibility index (Phi) is 4.10. The Labute approximate surface area is 144 Å². The second-order valence-electron chi connectivity index (χ2n) is 6.70. The molecule has 0 radical (unpaired) electrons. The minimum absolute atomic E-state index is 0.0693. The van der Waals surface area contributed by atoms with E-state index in [-0.39, 0.29) is 17.8 Å². The first kappa shape index (κ1) is 15.7. The van der Waals surface area contributed by atoms with Crippen LogP contribution >= 0.6 is 11.3 Å². The summed E-state index contributed by atoms with van der Waals surface area (Å²) in [5.41, 5.74) is 0.857. The summed E-state index contributed by atoms with van der Waals surface area (Å²) in [6.07, 6.45) is 4.42. The van der Waals surface area contributed by atoms with Crippen LogP contribution in [0.2, 0.25) is 0 Å². The maximum Gasteiger partial charge on any atom is 0.273 e.